The summed E-state index contributed by atoms with van der Waals surface area (Å²) in [4.78, 5) is 14.7. The quantitative estimate of drug-likeness (QED) is 0.636. The number of aromatic nitrogens is 3. The van der Waals surface area contributed by atoms with Gasteiger partial charge in [0.1, 0.15) is 11.6 Å². The molecule has 2 heterocycles. The molecule has 0 bridgehead atoms. The number of carbonyl (C=O) groups is 1. The molecule has 1 N–H and O–H groups in total. The first kappa shape index (κ1) is 21.2. The number of amides is 1. The highest BCUT2D eigenvalue weighted by Crippen LogP contribution is 2.17. The third-order valence-electron chi connectivity index (χ3n) is 5.69. The highest BCUT2D eigenvalue weighted by Gasteiger charge is 2.22. The fourth-order valence-electron chi connectivity index (χ4n) is 4.04. The average molecular weight is 422 g/mol. The molecule has 4 rings (SSSR count). The minimum Gasteiger partial charge on any atom is -0.346 e. The number of halogens is 1. The van der Waals surface area contributed by atoms with E-state index >= 15 is 0 Å². The Kier molecular flexibility index (Phi) is 6.72. The predicted molar refractivity (Wildman–Crippen MR) is 117 cm³/mol. The summed E-state index contributed by atoms with van der Waals surface area (Å²) in [6, 6.07) is 16.6. The van der Waals surface area contributed by atoms with Crippen molar-refractivity contribution in [3.63, 3.8) is 0 Å². The lowest BCUT2D eigenvalue weighted by molar-refractivity contribution is -0.121. The second kappa shape index (κ2) is 9.83. The summed E-state index contributed by atoms with van der Waals surface area (Å²) in [6.07, 6.45) is 1.93. The Balaban J connectivity index is 1.33. The predicted octanol–water partition coefficient (Wildman–Crippen LogP) is 3.29. The van der Waals surface area contributed by atoms with Crippen LogP contribution in [0.25, 0.3) is 0 Å². The van der Waals surface area contributed by atoms with Crippen LogP contribution in [0.3, 0.4) is 0 Å². The zero-order valence-corrected chi connectivity index (χ0v) is 17.8. The van der Waals surface area contributed by atoms with Crippen LogP contribution in [-0.4, -0.2) is 38.7 Å². The maximum atomic E-state index is 13.5. The molecule has 0 saturated carbocycles. The van der Waals surface area contributed by atoms with Crippen molar-refractivity contribution in [3.8, 4) is 0 Å². The number of hydrogen-bond donors (Lipinski definition) is 1. The summed E-state index contributed by atoms with van der Waals surface area (Å²) < 4.78 is 15.6. The second-order valence-electron chi connectivity index (χ2n) is 8.06. The minimum atomic E-state index is -0.209. The van der Waals surface area contributed by atoms with E-state index in [1.807, 2.05) is 43.3 Å². The maximum Gasteiger partial charge on any atom is 0.220 e. The summed E-state index contributed by atoms with van der Waals surface area (Å²) in [5.74, 6) is 1.52. The molecular weight excluding hydrogens is 393 g/mol. The van der Waals surface area contributed by atoms with Crippen LogP contribution < -0.4 is 5.32 Å². The number of fused-ring (bicyclic) bond motifs is 1. The molecule has 31 heavy (non-hydrogen) atoms. The van der Waals surface area contributed by atoms with Crippen LogP contribution in [0, 0.1) is 5.82 Å². The van der Waals surface area contributed by atoms with Crippen molar-refractivity contribution < 1.29 is 9.18 Å². The Morgan fingerprint density at radius 1 is 1.06 bits per heavy atom. The van der Waals surface area contributed by atoms with E-state index in [0.29, 0.717) is 19.4 Å². The van der Waals surface area contributed by atoms with Gasteiger partial charge in [-0.1, -0.05) is 42.5 Å². The first-order valence-electron chi connectivity index (χ1n) is 10.8. The molecule has 0 aliphatic carbocycles. The van der Waals surface area contributed by atoms with E-state index in [9.17, 15) is 9.18 Å². The van der Waals surface area contributed by atoms with E-state index in [2.05, 4.69) is 25.0 Å². The highest BCUT2D eigenvalue weighted by molar-refractivity contribution is 5.76. The average Bonchev–Trinajstić information content (AvgIpc) is 3.08. The van der Waals surface area contributed by atoms with Gasteiger partial charge in [0.15, 0.2) is 5.82 Å². The van der Waals surface area contributed by atoms with E-state index in [1.165, 1.54) is 6.07 Å². The Bertz CT molecular complexity index is 1020. The number of aryl methyl sites for hydroxylation is 1. The third-order valence-corrected chi connectivity index (χ3v) is 5.69. The maximum absolute atomic E-state index is 13.5. The van der Waals surface area contributed by atoms with E-state index in [4.69, 9.17) is 0 Å². The van der Waals surface area contributed by atoms with Gasteiger partial charge in [-0.2, -0.15) is 0 Å². The lowest BCUT2D eigenvalue weighted by atomic mass is 10.1. The van der Waals surface area contributed by atoms with Gasteiger partial charge < -0.3 is 9.88 Å². The van der Waals surface area contributed by atoms with Crippen molar-refractivity contribution in [1.82, 2.24) is 25.0 Å². The molecule has 0 fully saturated rings. The molecule has 7 heteroatoms. The van der Waals surface area contributed by atoms with Crippen LogP contribution in [0.15, 0.2) is 54.6 Å². The van der Waals surface area contributed by atoms with Gasteiger partial charge in [-0.15, -0.1) is 10.2 Å². The number of rotatable bonds is 7. The molecule has 1 aromatic heterocycles. The number of benzene rings is 2. The van der Waals surface area contributed by atoms with Crippen molar-refractivity contribution in [2.75, 3.05) is 13.1 Å². The molecule has 0 spiro atoms. The van der Waals surface area contributed by atoms with E-state index in [1.54, 1.807) is 12.1 Å². The Morgan fingerprint density at radius 3 is 2.68 bits per heavy atom. The van der Waals surface area contributed by atoms with E-state index < -0.39 is 0 Å². The fraction of sp³-hybridized carbons (Fsp3) is 0.375. The van der Waals surface area contributed by atoms with Gasteiger partial charge in [0, 0.05) is 39.0 Å². The largest absolute Gasteiger partial charge is 0.346 e. The van der Waals surface area contributed by atoms with Crippen LogP contribution in [0.2, 0.25) is 0 Å². The zero-order chi connectivity index (χ0) is 21.6. The molecule has 2 aromatic carbocycles. The number of carbonyl (C=O) groups excluding carboxylic acids is 1. The van der Waals surface area contributed by atoms with Crippen molar-refractivity contribution in [1.29, 1.82) is 0 Å². The van der Waals surface area contributed by atoms with Crippen LogP contribution >= 0.6 is 0 Å². The monoisotopic (exact) mass is 421 g/mol. The van der Waals surface area contributed by atoms with Gasteiger partial charge in [-0.25, -0.2) is 4.39 Å². The van der Waals surface area contributed by atoms with Gasteiger partial charge in [-0.05, 0) is 36.6 Å². The minimum absolute atomic E-state index is 0.00931. The molecule has 0 radical (unpaired) electrons. The standard InChI is InChI=1S/C24H28FN5O/c1-18(26-23(31)11-10-19-6-3-2-4-7-19)24-28-27-22-12-13-29(14-15-30(22)24)17-20-8-5-9-21(25)16-20/h2-9,16,18H,10-15,17H2,1H3,(H,26,31). The van der Waals surface area contributed by atoms with E-state index in [-0.39, 0.29) is 17.8 Å². The summed E-state index contributed by atoms with van der Waals surface area (Å²) in [5.41, 5.74) is 2.12. The molecule has 0 saturated heterocycles. The Hall–Kier alpha value is -3.06. The molecular formula is C24H28FN5O. The smallest absolute Gasteiger partial charge is 0.220 e. The first-order valence-corrected chi connectivity index (χ1v) is 10.8. The summed E-state index contributed by atoms with van der Waals surface area (Å²) in [7, 11) is 0. The SMILES string of the molecule is CC(NC(=O)CCc1ccccc1)c1nnc2n1CCN(Cc1cccc(F)c1)CC2. The highest BCUT2D eigenvalue weighted by atomic mass is 19.1. The van der Waals surface area contributed by atoms with Crippen molar-refractivity contribution in [3.05, 3.63) is 83.2 Å². The number of hydrogen-bond acceptors (Lipinski definition) is 4. The number of nitrogens with zero attached hydrogens (tertiary/aromatic N) is 4. The molecule has 6 nitrogen and oxygen atoms in total. The molecule has 1 atom stereocenters. The van der Waals surface area contributed by atoms with Crippen LogP contribution in [0.1, 0.15) is 42.2 Å². The lowest BCUT2D eigenvalue weighted by Crippen LogP contribution is -2.30. The van der Waals surface area contributed by atoms with Crippen LogP contribution in [0.5, 0.6) is 0 Å². The van der Waals surface area contributed by atoms with Gasteiger partial charge >= 0.3 is 0 Å². The van der Waals surface area contributed by atoms with Crippen molar-refractivity contribution >= 4 is 5.91 Å². The molecule has 1 aliphatic rings. The topological polar surface area (TPSA) is 63.1 Å². The lowest BCUT2D eigenvalue weighted by Gasteiger charge is -2.20. The summed E-state index contributed by atoms with van der Waals surface area (Å²) >= 11 is 0. The molecule has 1 aliphatic heterocycles. The second-order valence-corrected chi connectivity index (χ2v) is 8.06. The van der Waals surface area contributed by atoms with Gasteiger partial charge in [0.05, 0.1) is 6.04 Å². The van der Waals surface area contributed by atoms with Gasteiger partial charge in [-0.3, -0.25) is 9.69 Å². The summed E-state index contributed by atoms with van der Waals surface area (Å²) in [6.45, 7) is 5.07. The molecule has 3 aromatic rings. The summed E-state index contributed by atoms with van der Waals surface area (Å²) in [5, 5.41) is 11.8. The third kappa shape index (κ3) is 5.55. The van der Waals surface area contributed by atoms with Gasteiger partial charge in [0.2, 0.25) is 5.91 Å². The number of nitrogens with one attached hydrogen (secondary N) is 1. The van der Waals surface area contributed by atoms with Crippen molar-refractivity contribution in [2.45, 2.75) is 45.3 Å². The molecule has 1 amide bonds. The Morgan fingerprint density at radius 2 is 1.87 bits per heavy atom. The zero-order valence-electron chi connectivity index (χ0n) is 17.8. The van der Waals surface area contributed by atoms with Crippen molar-refractivity contribution in [2.24, 2.45) is 0 Å². The molecule has 162 valence electrons. The molecule has 1 unspecified atom stereocenters. The first-order chi connectivity index (χ1) is 15.1. The van der Waals surface area contributed by atoms with E-state index in [0.717, 1.165) is 48.8 Å². The van der Waals surface area contributed by atoms with Gasteiger partial charge in [0.25, 0.3) is 0 Å². The van der Waals surface area contributed by atoms with Crippen LogP contribution in [-0.2, 0) is 30.7 Å². The normalized spacial score (nSPS) is 15.2. The van der Waals surface area contributed by atoms with Crippen LogP contribution in [0.4, 0.5) is 4.39 Å². The Labute approximate surface area is 182 Å². The fourth-order valence-corrected chi connectivity index (χ4v) is 4.04.